The van der Waals surface area contributed by atoms with Crippen molar-refractivity contribution in [2.75, 3.05) is 42.3 Å². The monoisotopic (exact) mass is 434 g/mol. The molecule has 2 heterocycles. The lowest BCUT2D eigenvalue weighted by Gasteiger charge is -2.33. The second-order valence-electron chi connectivity index (χ2n) is 7.87. The lowest BCUT2D eigenvalue weighted by Crippen LogP contribution is -2.35. The minimum absolute atomic E-state index is 0.110. The van der Waals surface area contributed by atoms with Gasteiger partial charge in [0, 0.05) is 43.3 Å². The number of methoxy groups -OCH3 is 1. The molecule has 0 unspecified atom stereocenters. The Bertz CT molecular complexity index is 1050. The van der Waals surface area contributed by atoms with Gasteiger partial charge in [-0.15, -0.1) is 0 Å². The first-order valence-electron chi connectivity index (χ1n) is 10.8. The van der Waals surface area contributed by atoms with Crippen molar-refractivity contribution < 1.29 is 13.9 Å². The van der Waals surface area contributed by atoms with Crippen LogP contribution in [0.1, 0.15) is 23.2 Å². The number of hydrogen-bond donors (Lipinski definition) is 2. The van der Waals surface area contributed by atoms with Crippen LogP contribution in [0.3, 0.4) is 0 Å². The zero-order chi connectivity index (χ0) is 22.3. The number of anilines is 3. The fourth-order valence-corrected chi connectivity index (χ4v) is 3.95. The second-order valence-corrected chi connectivity index (χ2v) is 7.87. The van der Waals surface area contributed by atoms with E-state index >= 15 is 0 Å². The predicted octanol–water partition coefficient (Wildman–Crippen LogP) is 4.81. The third kappa shape index (κ3) is 5.17. The zero-order valence-corrected chi connectivity index (χ0v) is 18.1. The molecule has 166 valence electrons. The lowest BCUT2D eigenvalue weighted by atomic mass is 9.96. The Labute approximate surface area is 187 Å². The van der Waals surface area contributed by atoms with E-state index in [1.54, 1.807) is 6.07 Å². The number of pyridine rings is 1. The standard InChI is InChI=1S/C25H27FN4O2/c1-32-24-7-6-19(16-21(24)26)25(31)29-23-5-3-2-4-22(23)28-17-18-10-14-30(15-11-18)20-8-12-27-13-9-20/h2-9,12-13,16,18,28H,10-11,14-15,17H2,1H3,(H,29,31). The molecule has 0 bridgehead atoms. The molecule has 4 rings (SSSR count). The van der Waals surface area contributed by atoms with Gasteiger partial charge >= 0.3 is 0 Å². The molecule has 1 aliphatic rings. The summed E-state index contributed by atoms with van der Waals surface area (Å²) < 4.78 is 18.9. The maximum Gasteiger partial charge on any atom is 0.255 e. The van der Waals surface area contributed by atoms with Crippen molar-refractivity contribution in [2.45, 2.75) is 12.8 Å². The van der Waals surface area contributed by atoms with Crippen molar-refractivity contribution in [1.82, 2.24) is 4.98 Å². The van der Waals surface area contributed by atoms with Crippen LogP contribution in [0.4, 0.5) is 21.5 Å². The Morgan fingerprint density at radius 3 is 2.50 bits per heavy atom. The van der Waals surface area contributed by atoms with Gasteiger partial charge in [-0.25, -0.2) is 4.39 Å². The highest BCUT2D eigenvalue weighted by Gasteiger charge is 2.20. The first kappa shape index (κ1) is 21.6. The summed E-state index contributed by atoms with van der Waals surface area (Å²) >= 11 is 0. The fraction of sp³-hybridized carbons (Fsp3) is 0.280. The Balaban J connectivity index is 1.34. The van der Waals surface area contributed by atoms with Crippen molar-refractivity contribution in [1.29, 1.82) is 0 Å². The van der Waals surface area contributed by atoms with Crippen LogP contribution in [0.15, 0.2) is 67.0 Å². The van der Waals surface area contributed by atoms with Crippen LogP contribution in [-0.2, 0) is 0 Å². The van der Waals surface area contributed by atoms with Crippen LogP contribution in [0.5, 0.6) is 5.75 Å². The summed E-state index contributed by atoms with van der Waals surface area (Å²) in [6.45, 7) is 2.85. The number of para-hydroxylation sites is 2. The average Bonchev–Trinajstić information content (AvgIpc) is 2.84. The summed E-state index contributed by atoms with van der Waals surface area (Å²) in [7, 11) is 1.39. The molecule has 1 saturated heterocycles. The number of aromatic nitrogens is 1. The van der Waals surface area contributed by atoms with Crippen LogP contribution in [0.25, 0.3) is 0 Å². The van der Waals surface area contributed by atoms with Crippen molar-refractivity contribution in [3.05, 3.63) is 78.4 Å². The zero-order valence-electron chi connectivity index (χ0n) is 18.1. The molecule has 2 aromatic carbocycles. The highest BCUT2D eigenvalue weighted by molar-refractivity contribution is 6.06. The molecule has 0 saturated carbocycles. The van der Waals surface area contributed by atoms with Crippen molar-refractivity contribution in [3.63, 3.8) is 0 Å². The lowest BCUT2D eigenvalue weighted by molar-refractivity contribution is 0.102. The van der Waals surface area contributed by atoms with E-state index in [1.165, 1.54) is 24.9 Å². The Morgan fingerprint density at radius 2 is 1.81 bits per heavy atom. The van der Waals surface area contributed by atoms with Gasteiger partial charge in [0.05, 0.1) is 18.5 Å². The predicted molar refractivity (Wildman–Crippen MR) is 125 cm³/mol. The maximum absolute atomic E-state index is 14.0. The summed E-state index contributed by atoms with van der Waals surface area (Å²) in [5.74, 6) is -0.276. The van der Waals surface area contributed by atoms with Crippen molar-refractivity contribution >= 4 is 23.0 Å². The van der Waals surface area contributed by atoms with Gasteiger partial charge in [-0.1, -0.05) is 12.1 Å². The van der Waals surface area contributed by atoms with Gasteiger partial charge in [0.15, 0.2) is 11.6 Å². The van der Waals surface area contributed by atoms with E-state index in [1.807, 2.05) is 48.8 Å². The van der Waals surface area contributed by atoms with E-state index in [9.17, 15) is 9.18 Å². The molecule has 1 amide bonds. The molecule has 6 nitrogen and oxygen atoms in total. The van der Waals surface area contributed by atoms with Crippen LogP contribution >= 0.6 is 0 Å². The highest BCUT2D eigenvalue weighted by atomic mass is 19.1. The number of hydrogen-bond acceptors (Lipinski definition) is 5. The van der Waals surface area contributed by atoms with Gasteiger partial charge in [-0.05, 0) is 61.2 Å². The highest BCUT2D eigenvalue weighted by Crippen LogP contribution is 2.26. The number of ether oxygens (including phenoxy) is 1. The molecule has 2 N–H and O–H groups in total. The van der Waals surface area contributed by atoms with Crippen molar-refractivity contribution in [3.8, 4) is 5.75 Å². The molecule has 1 aromatic heterocycles. The van der Waals surface area contributed by atoms with E-state index in [2.05, 4.69) is 20.5 Å². The number of nitrogens with zero attached hydrogens (tertiary/aromatic N) is 2. The number of amides is 1. The molecule has 0 spiro atoms. The maximum atomic E-state index is 14.0. The molecule has 1 fully saturated rings. The van der Waals surface area contributed by atoms with E-state index < -0.39 is 5.82 Å². The topological polar surface area (TPSA) is 66.5 Å². The van der Waals surface area contributed by atoms with Crippen LogP contribution < -0.4 is 20.3 Å². The molecule has 3 aromatic rings. The molecule has 1 aliphatic heterocycles. The molecule has 7 heteroatoms. The van der Waals surface area contributed by atoms with Gasteiger partial charge in [0.2, 0.25) is 0 Å². The minimum Gasteiger partial charge on any atom is -0.494 e. The Hall–Kier alpha value is -3.61. The van der Waals surface area contributed by atoms with E-state index in [0.717, 1.165) is 38.2 Å². The van der Waals surface area contributed by atoms with Gasteiger partial charge in [0.25, 0.3) is 5.91 Å². The average molecular weight is 435 g/mol. The molecular formula is C25H27FN4O2. The third-order valence-electron chi connectivity index (χ3n) is 5.81. The molecule has 0 atom stereocenters. The Kier molecular flexibility index (Phi) is 6.84. The van der Waals surface area contributed by atoms with Crippen molar-refractivity contribution in [2.24, 2.45) is 5.92 Å². The molecule has 32 heavy (non-hydrogen) atoms. The number of nitrogens with one attached hydrogen (secondary N) is 2. The summed E-state index contributed by atoms with van der Waals surface area (Å²) in [5, 5.41) is 6.37. The summed E-state index contributed by atoms with van der Waals surface area (Å²) in [6.07, 6.45) is 5.84. The molecule has 0 radical (unpaired) electrons. The first-order chi connectivity index (χ1) is 15.6. The normalized spacial score (nSPS) is 14.1. The summed E-state index contributed by atoms with van der Waals surface area (Å²) in [4.78, 5) is 19.1. The van der Waals surface area contributed by atoms with E-state index in [-0.39, 0.29) is 17.2 Å². The van der Waals surface area contributed by atoms with Crippen LogP contribution in [0.2, 0.25) is 0 Å². The first-order valence-corrected chi connectivity index (χ1v) is 10.8. The molecular weight excluding hydrogens is 407 g/mol. The summed E-state index contributed by atoms with van der Waals surface area (Å²) in [5.41, 5.74) is 2.98. The SMILES string of the molecule is COc1ccc(C(=O)Nc2ccccc2NCC2CCN(c3ccncc3)CC2)cc1F. The van der Waals surface area contributed by atoms with Crippen LogP contribution in [-0.4, -0.2) is 37.6 Å². The number of piperidine rings is 1. The number of carbonyl (C=O) groups excluding carboxylic acids is 1. The van der Waals surface area contributed by atoms with E-state index in [0.29, 0.717) is 11.6 Å². The van der Waals surface area contributed by atoms with Gasteiger partial charge in [-0.3, -0.25) is 9.78 Å². The second kappa shape index (κ2) is 10.1. The van der Waals surface area contributed by atoms with Crippen LogP contribution in [0, 0.1) is 11.7 Å². The molecule has 0 aliphatic carbocycles. The minimum atomic E-state index is -0.565. The smallest absolute Gasteiger partial charge is 0.255 e. The quantitative estimate of drug-likeness (QED) is 0.559. The summed E-state index contributed by atoms with van der Waals surface area (Å²) in [6, 6.07) is 15.8. The number of rotatable bonds is 7. The number of benzene rings is 2. The largest absolute Gasteiger partial charge is 0.494 e. The van der Waals surface area contributed by atoms with E-state index in [4.69, 9.17) is 4.74 Å². The fourth-order valence-electron chi connectivity index (χ4n) is 3.95. The van der Waals surface area contributed by atoms with Gasteiger partial charge < -0.3 is 20.3 Å². The van der Waals surface area contributed by atoms with Gasteiger partial charge in [-0.2, -0.15) is 0 Å². The number of carbonyl (C=O) groups is 1. The third-order valence-corrected chi connectivity index (χ3v) is 5.81. The Morgan fingerprint density at radius 1 is 1.09 bits per heavy atom. The number of halogens is 1. The van der Waals surface area contributed by atoms with Gasteiger partial charge in [0.1, 0.15) is 0 Å².